The summed E-state index contributed by atoms with van der Waals surface area (Å²) in [5.74, 6) is 0.734. The molecule has 150 valence electrons. The van der Waals surface area contributed by atoms with Gasteiger partial charge in [-0.05, 0) is 66.5 Å². The lowest BCUT2D eigenvalue weighted by molar-refractivity contribution is 0.0940. The normalized spacial score (nSPS) is 18.6. The molecule has 2 aromatic carbocycles. The van der Waals surface area contributed by atoms with E-state index in [-0.39, 0.29) is 17.4 Å². The van der Waals surface area contributed by atoms with Crippen molar-refractivity contribution in [3.05, 3.63) is 65.2 Å². The van der Waals surface area contributed by atoms with Gasteiger partial charge in [0, 0.05) is 24.3 Å². The maximum absolute atomic E-state index is 12.6. The molecule has 0 saturated carbocycles. The fraction of sp³-hybridized carbons (Fsp3) is 0.480. The van der Waals surface area contributed by atoms with E-state index >= 15 is 0 Å². The van der Waals surface area contributed by atoms with E-state index in [0.29, 0.717) is 5.56 Å². The molecule has 2 atom stereocenters. The molecule has 0 bridgehead atoms. The fourth-order valence-corrected chi connectivity index (χ4v) is 3.88. The van der Waals surface area contributed by atoms with E-state index in [2.05, 4.69) is 62.2 Å². The number of rotatable bonds is 4. The summed E-state index contributed by atoms with van der Waals surface area (Å²) in [5.41, 5.74) is 4.45. The first-order valence-electron chi connectivity index (χ1n) is 10.5. The van der Waals surface area contributed by atoms with Gasteiger partial charge in [0.05, 0.1) is 6.04 Å². The minimum Gasteiger partial charge on any atom is -0.371 e. The van der Waals surface area contributed by atoms with Crippen LogP contribution in [0.25, 0.3) is 0 Å². The van der Waals surface area contributed by atoms with Crippen molar-refractivity contribution in [3.63, 3.8) is 0 Å². The number of amides is 1. The Morgan fingerprint density at radius 3 is 2.29 bits per heavy atom. The molecular formula is C25H34N2O. The van der Waals surface area contributed by atoms with E-state index in [9.17, 15) is 4.79 Å². The molecule has 0 spiro atoms. The van der Waals surface area contributed by atoms with E-state index in [1.54, 1.807) is 0 Å². The number of benzene rings is 2. The zero-order valence-electron chi connectivity index (χ0n) is 18.0. The third kappa shape index (κ3) is 4.95. The van der Waals surface area contributed by atoms with Gasteiger partial charge in [-0.2, -0.15) is 0 Å². The van der Waals surface area contributed by atoms with Crippen LogP contribution in [0.5, 0.6) is 0 Å². The summed E-state index contributed by atoms with van der Waals surface area (Å²) in [6.07, 6.45) is 2.60. The Kier molecular flexibility index (Phi) is 6.12. The number of nitrogens with one attached hydrogen (secondary N) is 1. The molecule has 0 aliphatic carbocycles. The number of anilines is 1. The van der Waals surface area contributed by atoms with Gasteiger partial charge in [0.1, 0.15) is 0 Å². The van der Waals surface area contributed by atoms with E-state index in [1.807, 2.05) is 31.2 Å². The van der Waals surface area contributed by atoms with Crippen molar-refractivity contribution in [2.75, 3.05) is 18.0 Å². The van der Waals surface area contributed by atoms with E-state index < -0.39 is 0 Å². The second-order valence-electron chi connectivity index (χ2n) is 9.31. The molecule has 3 rings (SSSR count). The summed E-state index contributed by atoms with van der Waals surface area (Å²) < 4.78 is 0. The average molecular weight is 379 g/mol. The number of hydrogen-bond donors (Lipinski definition) is 1. The van der Waals surface area contributed by atoms with Crippen LogP contribution in [0.4, 0.5) is 5.69 Å². The van der Waals surface area contributed by atoms with Gasteiger partial charge in [-0.3, -0.25) is 4.79 Å². The predicted octanol–water partition coefficient (Wildman–Crippen LogP) is 5.71. The lowest BCUT2D eigenvalue weighted by Crippen LogP contribution is -2.34. The molecule has 1 amide bonds. The zero-order valence-corrected chi connectivity index (χ0v) is 18.0. The van der Waals surface area contributed by atoms with Gasteiger partial charge in [0.15, 0.2) is 0 Å². The fourth-order valence-electron chi connectivity index (χ4n) is 3.88. The highest BCUT2D eigenvalue weighted by atomic mass is 16.1. The first-order chi connectivity index (χ1) is 13.2. The summed E-state index contributed by atoms with van der Waals surface area (Å²) in [5, 5.41) is 3.12. The zero-order chi connectivity index (χ0) is 20.3. The summed E-state index contributed by atoms with van der Waals surface area (Å²) in [7, 11) is 0. The molecule has 1 N–H and O–H groups in total. The van der Waals surface area contributed by atoms with Crippen molar-refractivity contribution in [1.82, 2.24) is 5.32 Å². The highest BCUT2D eigenvalue weighted by Gasteiger charge is 2.18. The van der Waals surface area contributed by atoms with Gasteiger partial charge < -0.3 is 10.2 Å². The smallest absolute Gasteiger partial charge is 0.251 e. The van der Waals surface area contributed by atoms with E-state index in [0.717, 1.165) is 24.6 Å². The predicted molar refractivity (Wildman–Crippen MR) is 118 cm³/mol. The minimum absolute atomic E-state index is 0.0240. The molecular weight excluding hydrogens is 344 g/mol. The molecule has 28 heavy (non-hydrogen) atoms. The van der Waals surface area contributed by atoms with Crippen molar-refractivity contribution >= 4 is 11.6 Å². The molecule has 1 fully saturated rings. The Morgan fingerprint density at radius 1 is 1.07 bits per heavy atom. The number of carbonyl (C=O) groups is 1. The summed E-state index contributed by atoms with van der Waals surface area (Å²) in [6.45, 7) is 13.2. The Morgan fingerprint density at radius 2 is 1.71 bits per heavy atom. The monoisotopic (exact) mass is 378 g/mol. The first kappa shape index (κ1) is 20.4. The maximum Gasteiger partial charge on any atom is 0.251 e. The molecule has 0 radical (unpaired) electrons. The lowest BCUT2D eigenvalue weighted by atomic mass is 9.86. The summed E-state index contributed by atoms with van der Waals surface area (Å²) in [6, 6.07) is 16.6. The quantitative estimate of drug-likeness (QED) is 0.739. The van der Waals surface area contributed by atoms with E-state index in [1.165, 1.54) is 24.1 Å². The summed E-state index contributed by atoms with van der Waals surface area (Å²) >= 11 is 0. The second kappa shape index (κ2) is 8.38. The Labute approximate surface area is 170 Å². The Balaban J connectivity index is 1.62. The molecule has 1 saturated heterocycles. The first-order valence-corrected chi connectivity index (χ1v) is 10.5. The van der Waals surface area contributed by atoms with Gasteiger partial charge in [-0.15, -0.1) is 0 Å². The van der Waals surface area contributed by atoms with Crippen LogP contribution in [-0.2, 0) is 5.41 Å². The highest BCUT2D eigenvalue weighted by Crippen LogP contribution is 2.25. The van der Waals surface area contributed by atoms with Crippen molar-refractivity contribution in [2.24, 2.45) is 5.92 Å². The van der Waals surface area contributed by atoms with Crippen LogP contribution >= 0.6 is 0 Å². The number of piperidine rings is 1. The largest absolute Gasteiger partial charge is 0.371 e. The van der Waals surface area contributed by atoms with Crippen molar-refractivity contribution in [3.8, 4) is 0 Å². The average Bonchev–Trinajstić information content (AvgIpc) is 2.67. The highest BCUT2D eigenvalue weighted by molar-refractivity contribution is 5.94. The van der Waals surface area contributed by atoms with E-state index in [4.69, 9.17) is 0 Å². The van der Waals surface area contributed by atoms with Crippen LogP contribution in [0.15, 0.2) is 48.5 Å². The molecule has 2 aromatic rings. The minimum atomic E-state index is -0.0260. The van der Waals surface area contributed by atoms with Crippen LogP contribution in [-0.4, -0.2) is 19.0 Å². The van der Waals surface area contributed by atoms with Crippen LogP contribution in [0.2, 0.25) is 0 Å². The molecule has 0 aromatic heterocycles. The molecule has 3 nitrogen and oxygen atoms in total. The van der Waals surface area contributed by atoms with Crippen LogP contribution in [0.3, 0.4) is 0 Å². The van der Waals surface area contributed by atoms with Crippen molar-refractivity contribution in [1.29, 1.82) is 0 Å². The topological polar surface area (TPSA) is 32.3 Å². The third-order valence-electron chi connectivity index (χ3n) is 5.78. The number of nitrogens with zero attached hydrogens (tertiary/aromatic N) is 1. The summed E-state index contributed by atoms with van der Waals surface area (Å²) in [4.78, 5) is 15.1. The maximum atomic E-state index is 12.6. The van der Waals surface area contributed by atoms with Crippen LogP contribution < -0.4 is 10.2 Å². The third-order valence-corrected chi connectivity index (χ3v) is 5.78. The van der Waals surface area contributed by atoms with Crippen molar-refractivity contribution in [2.45, 2.75) is 58.9 Å². The van der Waals surface area contributed by atoms with Gasteiger partial charge in [-0.1, -0.05) is 52.0 Å². The molecule has 3 heteroatoms. The number of hydrogen-bond acceptors (Lipinski definition) is 2. The lowest BCUT2D eigenvalue weighted by Gasteiger charge is -2.33. The molecule has 1 aliphatic rings. The van der Waals surface area contributed by atoms with Gasteiger partial charge in [0.25, 0.3) is 5.91 Å². The molecule has 1 heterocycles. The van der Waals surface area contributed by atoms with Gasteiger partial charge in [-0.25, -0.2) is 0 Å². The Bertz CT molecular complexity index is 787. The van der Waals surface area contributed by atoms with Gasteiger partial charge >= 0.3 is 0 Å². The SMILES string of the molecule is C[C@H]1CCCN(c2ccc([C@H](C)NC(=O)c3ccc(C(C)(C)C)cc3)cc2)C1. The Hall–Kier alpha value is -2.29. The van der Waals surface area contributed by atoms with Crippen LogP contribution in [0.1, 0.15) is 75.0 Å². The van der Waals surface area contributed by atoms with Crippen LogP contribution in [0, 0.1) is 5.92 Å². The van der Waals surface area contributed by atoms with Crippen molar-refractivity contribution < 1.29 is 4.79 Å². The van der Waals surface area contributed by atoms with Gasteiger partial charge in [0.2, 0.25) is 0 Å². The standard InChI is InChI=1S/C25H34N2O/c1-18-7-6-16-27(17-18)23-14-10-20(11-15-23)19(2)26-24(28)21-8-12-22(13-9-21)25(3,4)5/h8-15,18-19H,6-7,16-17H2,1-5H3,(H,26,28)/t18-,19-/m0/s1. The second-order valence-corrected chi connectivity index (χ2v) is 9.31. The molecule has 1 aliphatic heterocycles. The number of carbonyl (C=O) groups excluding carboxylic acids is 1. The molecule has 0 unspecified atom stereocenters.